The van der Waals surface area contributed by atoms with Crippen LogP contribution in [-0.4, -0.2) is 44.2 Å². The number of fused-ring (bicyclic) bond motifs is 1. The molecule has 0 unspecified atom stereocenters. The summed E-state index contributed by atoms with van der Waals surface area (Å²) in [6.45, 7) is 2.30. The predicted octanol–water partition coefficient (Wildman–Crippen LogP) is 3.44. The summed E-state index contributed by atoms with van der Waals surface area (Å²) < 4.78 is 40.2. The number of rotatable bonds is 6. The molecule has 31 heavy (non-hydrogen) atoms. The molecule has 0 aliphatic carbocycles. The number of aromatic nitrogens is 5. The quantitative estimate of drug-likeness (QED) is 0.440. The Kier molecular flexibility index (Phi) is 5.55. The summed E-state index contributed by atoms with van der Waals surface area (Å²) >= 11 is 0.938. The van der Waals surface area contributed by atoms with E-state index in [1.807, 2.05) is 30.3 Å². The Bertz CT molecular complexity index is 1220. The molecule has 0 spiro atoms. The van der Waals surface area contributed by atoms with E-state index in [1.54, 1.807) is 6.92 Å². The maximum absolute atomic E-state index is 12.9. The van der Waals surface area contributed by atoms with Crippen LogP contribution in [0.1, 0.15) is 20.9 Å². The number of thiophene rings is 1. The van der Waals surface area contributed by atoms with Crippen molar-refractivity contribution in [3.05, 3.63) is 58.6 Å². The maximum Gasteiger partial charge on any atom is 0.433 e. The van der Waals surface area contributed by atoms with Crippen LogP contribution in [0.2, 0.25) is 0 Å². The molecule has 0 aliphatic heterocycles. The van der Waals surface area contributed by atoms with Crippen molar-refractivity contribution < 1.29 is 18.0 Å². The number of aryl methyl sites for hydroxylation is 1. The Labute approximate surface area is 178 Å². The summed E-state index contributed by atoms with van der Waals surface area (Å²) in [6, 6.07) is 11.6. The summed E-state index contributed by atoms with van der Waals surface area (Å²) in [4.78, 5) is 16.7. The summed E-state index contributed by atoms with van der Waals surface area (Å²) in [5.41, 5.74) is 0.402. The lowest BCUT2D eigenvalue weighted by molar-refractivity contribution is -0.140. The second kappa shape index (κ2) is 8.30. The van der Waals surface area contributed by atoms with Gasteiger partial charge >= 0.3 is 6.18 Å². The Hall–Kier alpha value is -3.54. The first-order chi connectivity index (χ1) is 14.8. The first-order valence-corrected chi connectivity index (χ1v) is 9.99. The van der Waals surface area contributed by atoms with Gasteiger partial charge in [0.15, 0.2) is 0 Å². The van der Waals surface area contributed by atoms with Crippen molar-refractivity contribution in [2.24, 2.45) is 0 Å². The third kappa shape index (κ3) is 4.33. The van der Waals surface area contributed by atoms with Gasteiger partial charge in [0.1, 0.15) is 10.5 Å². The molecular weight excluding hydrogens is 431 g/mol. The topological polar surface area (TPSA) is 97.6 Å². The molecule has 4 rings (SSSR count). The molecule has 3 heterocycles. The van der Waals surface area contributed by atoms with E-state index in [0.29, 0.717) is 28.3 Å². The molecule has 12 heteroatoms. The van der Waals surface area contributed by atoms with Gasteiger partial charge < -0.3 is 10.6 Å². The third-order valence-corrected chi connectivity index (χ3v) is 5.66. The molecule has 1 amide bonds. The van der Waals surface area contributed by atoms with Gasteiger partial charge in [0.25, 0.3) is 5.91 Å². The number of anilines is 1. The lowest BCUT2D eigenvalue weighted by atomic mass is 10.2. The van der Waals surface area contributed by atoms with Crippen molar-refractivity contribution >= 4 is 33.4 Å². The van der Waals surface area contributed by atoms with Crippen molar-refractivity contribution in [1.82, 2.24) is 30.5 Å². The van der Waals surface area contributed by atoms with Crippen molar-refractivity contribution in [3.8, 4) is 5.69 Å². The first kappa shape index (κ1) is 20.7. The number of benzene rings is 1. The van der Waals surface area contributed by atoms with Gasteiger partial charge in [0.2, 0.25) is 5.95 Å². The normalized spacial score (nSPS) is 11.6. The zero-order valence-corrected chi connectivity index (χ0v) is 17.0. The molecule has 0 aliphatic rings. The highest BCUT2D eigenvalue weighted by atomic mass is 32.1. The Morgan fingerprint density at radius 1 is 1.13 bits per heavy atom. The second-order valence-corrected chi connectivity index (χ2v) is 7.53. The van der Waals surface area contributed by atoms with E-state index in [2.05, 4.69) is 31.1 Å². The SMILES string of the molecule is Cc1c(C(=O)NCCNc2nnnn2-c2ccccc2)sc2nc(C(F)(F)F)ccc12. The minimum Gasteiger partial charge on any atom is -0.351 e. The first-order valence-electron chi connectivity index (χ1n) is 9.18. The van der Waals surface area contributed by atoms with Crippen LogP contribution >= 0.6 is 11.3 Å². The van der Waals surface area contributed by atoms with Crippen LogP contribution in [0.5, 0.6) is 0 Å². The number of pyridine rings is 1. The third-order valence-electron chi connectivity index (χ3n) is 4.46. The fourth-order valence-electron chi connectivity index (χ4n) is 2.94. The number of halogens is 3. The van der Waals surface area contributed by atoms with Gasteiger partial charge in [-0.3, -0.25) is 4.79 Å². The molecule has 0 bridgehead atoms. The Morgan fingerprint density at radius 3 is 2.65 bits per heavy atom. The standard InChI is InChI=1S/C19H16F3N7OS/c1-11-13-7-8-14(19(20,21)22)25-17(13)31-15(11)16(30)23-9-10-24-18-26-27-28-29(18)12-5-3-2-4-6-12/h2-8H,9-10H2,1H3,(H,23,30)(H,24,26,28). The number of hydrogen-bond acceptors (Lipinski definition) is 7. The van der Waals surface area contributed by atoms with E-state index in [1.165, 1.54) is 10.7 Å². The van der Waals surface area contributed by atoms with Crippen LogP contribution in [-0.2, 0) is 6.18 Å². The molecule has 1 aromatic carbocycles. The molecule has 2 N–H and O–H groups in total. The molecule has 0 radical (unpaired) electrons. The molecule has 0 atom stereocenters. The number of tetrazole rings is 1. The number of nitrogens with one attached hydrogen (secondary N) is 2. The number of carbonyl (C=O) groups excluding carboxylic acids is 1. The minimum atomic E-state index is -4.53. The summed E-state index contributed by atoms with van der Waals surface area (Å²) in [6.07, 6.45) is -4.53. The molecule has 160 valence electrons. The Morgan fingerprint density at radius 2 is 1.90 bits per heavy atom. The number of nitrogens with zero attached hydrogens (tertiary/aromatic N) is 5. The van der Waals surface area contributed by atoms with Crippen LogP contribution in [0.3, 0.4) is 0 Å². The monoisotopic (exact) mass is 447 g/mol. The minimum absolute atomic E-state index is 0.178. The molecule has 8 nitrogen and oxygen atoms in total. The maximum atomic E-state index is 12.9. The zero-order valence-electron chi connectivity index (χ0n) is 16.1. The molecule has 0 saturated carbocycles. The largest absolute Gasteiger partial charge is 0.433 e. The molecule has 4 aromatic rings. The number of para-hydroxylation sites is 1. The number of hydrogen-bond donors (Lipinski definition) is 2. The fourth-order valence-corrected chi connectivity index (χ4v) is 4.04. The van der Waals surface area contributed by atoms with Gasteiger partial charge in [0, 0.05) is 18.5 Å². The Balaban J connectivity index is 1.39. The average molecular weight is 447 g/mol. The van der Waals surface area contributed by atoms with Crippen molar-refractivity contribution in [1.29, 1.82) is 0 Å². The van der Waals surface area contributed by atoms with Crippen LogP contribution in [0.15, 0.2) is 42.5 Å². The number of carbonyl (C=O) groups is 1. The average Bonchev–Trinajstić information content (AvgIpc) is 3.35. The molecule has 3 aromatic heterocycles. The second-order valence-electron chi connectivity index (χ2n) is 6.54. The lowest BCUT2D eigenvalue weighted by Crippen LogP contribution is -2.29. The number of amides is 1. The molecule has 0 saturated heterocycles. The van der Waals surface area contributed by atoms with Crippen molar-refractivity contribution in [2.75, 3.05) is 18.4 Å². The van der Waals surface area contributed by atoms with Gasteiger partial charge in [-0.1, -0.05) is 23.3 Å². The zero-order chi connectivity index (χ0) is 22.0. The highest BCUT2D eigenvalue weighted by Crippen LogP contribution is 2.34. The number of alkyl halides is 3. The van der Waals surface area contributed by atoms with E-state index in [-0.39, 0.29) is 17.3 Å². The van der Waals surface area contributed by atoms with E-state index in [9.17, 15) is 18.0 Å². The van der Waals surface area contributed by atoms with Crippen LogP contribution in [0.25, 0.3) is 15.9 Å². The van der Waals surface area contributed by atoms with Gasteiger partial charge in [-0.05, 0) is 47.2 Å². The fraction of sp³-hybridized carbons (Fsp3) is 0.211. The molecular formula is C19H16F3N7OS. The van der Waals surface area contributed by atoms with Crippen LogP contribution in [0.4, 0.5) is 19.1 Å². The lowest BCUT2D eigenvalue weighted by Gasteiger charge is -2.08. The highest BCUT2D eigenvalue weighted by molar-refractivity contribution is 7.20. The van der Waals surface area contributed by atoms with E-state index in [4.69, 9.17) is 0 Å². The smallest absolute Gasteiger partial charge is 0.351 e. The van der Waals surface area contributed by atoms with Gasteiger partial charge in [-0.15, -0.1) is 11.3 Å². The molecule has 0 fully saturated rings. The predicted molar refractivity (Wildman–Crippen MR) is 109 cm³/mol. The summed E-state index contributed by atoms with van der Waals surface area (Å²) in [7, 11) is 0. The van der Waals surface area contributed by atoms with E-state index < -0.39 is 11.9 Å². The van der Waals surface area contributed by atoms with E-state index in [0.717, 1.165) is 23.1 Å². The van der Waals surface area contributed by atoms with E-state index >= 15 is 0 Å². The summed E-state index contributed by atoms with van der Waals surface area (Å²) in [5.74, 6) is 0.0425. The van der Waals surface area contributed by atoms with Crippen molar-refractivity contribution in [3.63, 3.8) is 0 Å². The van der Waals surface area contributed by atoms with Crippen LogP contribution in [0, 0.1) is 6.92 Å². The van der Waals surface area contributed by atoms with Gasteiger partial charge in [-0.25, -0.2) is 4.98 Å². The van der Waals surface area contributed by atoms with Gasteiger partial charge in [-0.2, -0.15) is 17.9 Å². The highest BCUT2D eigenvalue weighted by Gasteiger charge is 2.33. The summed E-state index contributed by atoms with van der Waals surface area (Å²) in [5, 5.41) is 17.8. The van der Waals surface area contributed by atoms with Crippen molar-refractivity contribution in [2.45, 2.75) is 13.1 Å². The van der Waals surface area contributed by atoms with Crippen LogP contribution < -0.4 is 10.6 Å². The van der Waals surface area contributed by atoms with Gasteiger partial charge in [0.05, 0.1) is 10.6 Å².